The lowest BCUT2D eigenvalue weighted by atomic mass is 9.73. The summed E-state index contributed by atoms with van der Waals surface area (Å²) in [5, 5.41) is 6.54. The fourth-order valence-electron chi connectivity index (χ4n) is 3.93. The van der Waals surface area contributed by atoms with Crippen LogP contribution in [-0.4, -0.2) is 19.1 Å². The van der Waals surface area contributed by atoms with Crippen LogP contribution in [0.1, 0.15) is 35.1 Å². The molecule has 4 heteroatoms. The largest absolute Gasteiger partial charge is 0.381 e. The molecular weight excluding hydrogens is 312 g/mol. The lowest BCUT2D eigenvalue weighted by Crippen LogP contribution is -2.47. The number of nitrogens with one attached hydrogen (secondary N) is 2. The van der Waals surface area contributed by atoms with Crippen molar-refractivity contribution in [1.29, 1.82) is 0 Å². The van der Waals surface area contributed by atoms with Gasteiger partial charge in [-0.25, -0.2) is 0 Å². The normalized spacial score (nSPS) is 18.6. The van der Waals surface area contributed by atoms with Crippen molar-refractivity contribution in [2.24, 2.45) is 0 Å². The van der Waals surface area contributed by atoms with Crippen LogP contribution in [0.15, 0.2) is 48.5 Å². The molecule has 2 heterocycles. The molecule has 0 aromatic heterocycles. The summed E-state index contributed by atoms with van der Waals surface area (Å²) in [6.07, 6.45) is 1.47. The number of amides is 1. The Bertz CT molecular complexity index is 752. The minimum atomic E-state index is -0.474. The first-order valence-corrected chi connectivity index (χ1v) is 9.01. The Hall–Kier alpha value is -2.17. The quantitative estimate of drug-likeness (QED) is 0.902. The summed E-state index contributed by atoms with van der Waals surface area (Å²) < 4.78 is 5.52. The Morgan fingerprint density at radius 3 is 2.60 bits per heavy atom. The molecule has 0 aliphatic carbocycles. The molecule has 1 saturated heterocycles. The van der Waals surface area contributed by atoms with Crippen molar-refractivity contribution in [3.05, 3.63) is 70.8 Å². The second-order valence-electron chi connectivity index (χ2n) is 6.95. The highest BCUT2D eigenvalue weighted by molar-refractivity contribution is 5.88. The van der Waals surface area contributed by atoms with Crippen molar-refractivity contribution in [3.63, 3.8) is 0 Å². The van der Waals surface area contributed by atoms with Gasteiger partial charge in [-0.3, -0.25) is 4.79 Å². The van der Waals surface area contributed by atoms with Crippen molar-refractivity contribution in [2.75, 3.05) is 13.2 Å². The second kappa shape index (κ2) is 6.98. The molecule has 2 aliphatic rings. The van der Waals surface area contributed by atoms with E-state index in [0.717, 1.165) is 37.1 Å². The first-order valence-electron chi connectivity index (χ1n) is 9.01. The van der Waals surface area contributed by atoms with Gasteiger partial charge in [0.15, 0.2) is 0 Å². The molecule has 2 aliphatic heterocycles. The predicted octanol–water partition coefficient (Wildman–Crippen LogP) is 2.65. The summed E-state index contributed by atoms with van der Waals surface area (Å²) in [4.78, 5) is 13.1. The van der Waals surface area contributed by atoms with Crippen LogP contribution in [0.3, 0.4) is 0 Å². The van der Waals surface area contributed by atoms with E-state index >= 15 is 0 Å². The van der Waals surface area contributed by atoms with Gasteiger partial charge in [-0.1, -0.05) is 48.5 Å². The Morgan fingerprint density at radius 2 is 1.80 bits per heavy atom. The van der Waals surface area contributed by atoms with E-state index in [1.165, 1.54) is 11.1 Å². The van der Waals surface area contributed by atoms with Crippen LogP contribution in [0.2, 0.25) is 0 Å². The van der Waals surface area contributed by atoms with E-state index in [0.29, 0.717) is 19.8 Å². The standard InChI is InChI=1S/C21H24N2O2/c24-20(23-13-16-6-7-17-14-22-15-18(17)12-16)21(8-10-25-11-9-21)19-4-2-1-3-5-19/h1-7,12,22H,8-11,13-15H2,(H,23,24). The summed E-state index contributed by atoms with van der Waals surface area (Å²) in [6.45, 7) is 3.70. The molecule has 1 amide bonds. The number of hydrogen-bond acceptors (Lipinski definition) is 3. The monoisotopic (exact) mass is 336 g/mol. The average molecular weight is 336 g/mol. The lowest BCUT2D eigenvalue weighted by molar-refractivity contribution is -0.130. The van der Waals surface area contributed by atoms with E-state index in [2.05, 4.69) is 41.0 Å². The van der Waals surface area contributed by atoms with Gasteiger partial charge in [0.1, 0.15) is 0 Å². The average Bonchev–Trinajstić information content (AvgIpc) is 3.15. The maximum Gasteiger partial charge on any atom is 0.231 e. The van der Waals surface area contributed by atoms with E-state index < -0.39 is 5.41 Å². The zero-order valence-electron chi connectivity index (χ0n) is 14.4. The van der Waals surface area contributed by atoms with Gasteiger partial charge in [0, 0.05) is 32.8 Å². The van der Waals surface area contributed by atoms with Crippen molar-refractivity contribution in [3.8, 4) is 0 Å². The zero-order valence-corrected chi connectivity index (χ0v) is 14.4. The maximum atomic E-state index is 13.1. The Kier molecular flexibility index (Phi) is 4.55. The topological polar surface area (TPSA) is 50.4 Å². The van der Waals surface area contributed by atoms with Crippen LogP contribution in [0, 0.1) is 0 Å². The van der Waals surface area contributed by atoms with Gasteiger partial charge in [-0.15, -0.1) is 0 Å². The van der Waals surface area contributed by atoms with Crippen LogP contribution < -0.4 is 10.6 Å². The smallest absolute Gasteiger partial charge is 0.231 e. The third-order valence-electron chi connectivity index (χ3n) is 5.46. The molecule has 0 unspecified atom stereocenters. The zero-order chi connectivity index (χ0) is 17.1. The number of carbonyl (C=O) groups excluding carboxylic acids is 1. The van der Waals surface area contributed by atoms with Crippen LogP contribution in [0.25, 0.3) is 0 Å². The molecule has 130 valence electrons. The molecule has 25 heavy (non-hydrogen) atoms. The van der Waals surface area contributed by atoms with Crippen LogP contribution in [0.5, 0.6) is 0 Å². The molecule has 0 saturated carbocycles. The molecule has 2 aromatic carbocycles. The summed E-state index contributed by atoms with van der Waals surface area (Å²) in [6, 6.07) is 16.6. The summed E-state index contributed by atoms with van der Waals surface area (Å²) in [5.41, 5.74) is 4.48. The molecule has 0 atom stereocenters. The lowest BCUT2D eigenvalue weighted by Gasteiger charge is -2.36. The highest BCUT2D eigenvalue weighted by atomic mass is 16.5. The van der Waals surface area contributed by atoms with Crippen LogP contribution >= 0.6 is 0 Å². The first-order chi connectivity index (χ1) is 12.3. The third kappa shape index (κ3) is 3.20. The highest BCUT2D eigenvalue weighted by Crippen LogP contribution is 2.35. The van der Waals surface area contributed by atoms with Gasteiger partial charge in [0.2, 0.25) is 5.91 Å². The second-order valence-corrected chi connectivity index (χ2v) is 6.95. The fourth-order valence-corrected chi connectivity index (χ4v) is 3.93. The molecule has 0 radical (unpaired) electrons. The van der Waals surface area contributed by atoms with Gasteiger partial charge in [0.25, 0.3) is 0 Å². The highest BCUT2D eigenvalue weighted by Gasteiger charge is 2.41. The summed E-state index contributed by atoms with van der Waals surface area (Å²) in [5.74, 6) is 0.112. The summed E-state index contributed by atoms with van der Waals surface area (Å²) >= 11 is 0. The molecule has 1 fully saturated rings. The van der Waals surface area contributed by atoms with E-state index in [9.17, 15) is 4.79 Å². The number of benzene rings is 2. The Morgan fingerprint density at radius 1 is 1.04 bits per heavy atom. The minimum Gasteiger partial charge on any atom is -0.381 e. The third-order valence-corrected chi connectivity index (χ3v) is 5.46. The summed E-state index contributed by atoms with van der Waals surface area (Å²) in [7, 11) is 0. The van der Waals surface area contributed by atoms with Crippen molar-refractivity contribution >= 4 is 5.91 Å². The number of ether oxygens (including phenoxy) is 1. The number of fused-ring (bicyclic) bond motifs is 1. The van der Waals surface area contributed by atoms with Crippen molar-refractivity contribution in [1.82, 2.24) is 10.6 Å². The van der Waals surface area contributed by atoms with E-state index in [1.54, 1.807) is 0 Å². The number of hydrogen-bond donors (Lipinski definition) is 2. The van der Waals surface area contributed by atoms with E-state index in [4.69, 9.17) is 4.74 Å². The number of rotatable bonds is 4. The van der Waals surface area contributed by atoms with Gasteiger partial charge < -0.3 is 15.4 Å². The predicted molar refractivity (Wildman–Crippen MR) is 97.0 cm³/mol. The number of carbonyl (C=O) groups is 1. The molecule has 4 rings (SSSR count). The maximum absolute atomic E-state index is 13.1. The Labute approximate surface area is 148 Å². The first kappa shape index (κ1) is 16.3. The molecule has 0 bridgehead atoms. The molecular formula is C21H24N2O2. The molecule has 2 aromatic rings. The van der Waals surface area contributed by atoms with Crippen LogP contribution in [0.4, 0.5) is 0 Å². The van der Waals surface area contributed by atoms with E-state index in [-0.39, 0.29) is 5.91 Å². The molecule has 2 N–H and O–H groups in total. The van der Waals surface area contributed by atoms with Gasteiger partial charge in [0.05, 0.1) is 5.41 Å². The van der Waals surface area contributed by atoms with Crippen molar-refractivity contribution in [2.45, 2.75) is 37.9 Å². The van der Waals surface area contributed by atoms with Gasteiger partial charge in [-0.2, -0.15) is 0 Å². The Balaban J connectivity index is 1.51. The minimum absolute atomic E-state index is 0.112. The fraction of sp³-hybridized carbons (Fsp3) is 0.381. The van der Waals surface area contributed by atoms with Crippen molar-refractivity contribution < 1.29 is 9.53 Å². The molecule has 0 spiro atoms. The molecule has 4 nitrogen and oxygen atoms in total. The van der Waals surface area contributed by atoms with Gasteiger partial charge in [-0.05, 0) is 35.1 Å². The SMILES string of the molecule is O=C(NCc1ccc2c(c1)CNC2)C1(c2ccccc2)CCOCC1. The van der Waals surface area contributed by atoms with Crippen LogP contribution in [-0.2, 0) is 34.6 Å². The van der Waals surface area contributed by atoms with E-state index in [1.807, 2.05) is 18.2 Å². The van der Waals surface area contributed by atoms with Gasteiger partial charge >= 0.3 is 0 Å².